The first-order chi connectivity index (χ1) is 12.5. The van der Waals surface area contributed by atoms with Crippen LogP contribution in [-0.4, -0.2) is 18.1 Å². The fourth-order valence-corrected chi connectivity index (χ4v) is 3.59. The highest BCUT2D eigenvalue weighted by atomic mass is 35.5. The number of methoxy groups -OCH3 is 1. The predicted molar refractivity (Wildman–Crippen MR) is 108 cm³/mol. The zero-order chi connectivity index (χ0) is 18.7. The number of hydrogen-bond acceptors (Lipinski definition) is 4. The molecule has 0 fully saturated rings. The number of carbonyl (C=O) groups is 1. The van der Waals surface area contributed by atoms with Gasteiger partial charge in [-0.05, 0) is 55.8 Å². The second-order valence-electron chi connectivity index (χ2n) is 5.70. The lowest BCUT2D eigenvalue weighted by Gasteiger charge is -2.06. The largest absolute Gasteiger partial charge is 0.496 e. The number of benzene rings is 2. The maximum Gasteiger partial charge on any atom is 0.325 e. The molecule has 1 aromatic heterocycles. The van der Waals surface area contributed by atoms with Gasteiger partial charge in [0, 0.05) is 21.2 Å². The van der Waals surface area contributed by atoms with E-state index in [4.69, 9.17) is 16.3 Å². The molecule has 2 N–H and O–H groups in total. The topological polar surface area (TPSA) is 63.2 Å². The highest BCUT2D eigenvalue weighted by molar-refractivity contribution is 7.16. The lowest BCUT2D eigenvalue weighted by atomic mass is 10.1. The lowest BCUT2D eigenvalue weighted by molar-refractivity contribution is 0.262. The van der Waals surface area contributed by atoms with E-state index in [1.807, 2.05) is 32.0 Å². The molecule has 0 saturated carbocycles. The van der Waals surface area contributed by atoms with Crippen LogP contribution in [0.2, 0.25) is 5.02 Å². The normalized spacial score (nSPS) is 10.5. The van der Waals surface area contributed by atoms with Gasteiger partial charge in [0.1, 0.15) is 5.75 Å². The fourth-order valence-electron chi connectivity index (χ4n) is 2.57. The van der Waals surface area contributed by atoms with Crippen LogP contribution in [0.4, 0.5) is 15.6 Å². The van der Waals surface area contributed by atoms with Gasteiger partial charge in [-0.25, -0.2) is 9.78 Å². The molecule has 26 heavy (non-hydrogen) atoms. The van der Waals surface area contributed by atoms with E-state index in [1.165, 1.54) is 11.3 Å². The lowest BCUT2D eigenvalue weighted by Crippen LogP contribution is -2.19. The molecule has 134 valence electrons. The Bertz CT molecular complexity index is 956. The number of ether oxygens (including phenoxy) is 1. The molecule has 3 rings (SSSR count). The Balaban J connectivity index is 1.75. The van der Waals surface area contributed by atoms with Crippen molar-refractivity contribution in [2.45, 2.75) is 13.8 Å². The molecular weight excluding hydrogens is 370 g/mol. The number of thiazole rings is 1. The van der Waals surface area contributed by atoms with Gasteiger partial charge in [0.05, 0.1) is 12.8 Å². The van der Waals surface area contributed by atoms with Gasteiger partial charge in [0.15, 0.2) is 5.13 Å². The Morgan fingerprint density at radius 2 is 1.96 bits per heavy atom. The van der Waals surface area contributed by atoms with Crippen LogP contribution in [0.3, 0.4) is 0 Å². The summed E-state index contributed by atoms with van der Waals surface area (Å²) in [7, 11) is 1.65. The van der Waals surface area contributed by atoms with Crippen molar-refractivity contribution in [2.75, 3.05) is 17.7 Å². The number of hydrogen-bond donors (Lipinski definition) is 2. The van der Waals surface area contributed by atoms with Crippen LogP contribution in [0.25, 0.3) is 11.3 Å². The van der Waals surface area contributed by atoms with E-state index in [1.54, 1.807) is 31.4 Å². The summed E-state index contributed by atoms with van der Waals surface area (Å²) < 4.78 is 5.30. The van der Waals surface area contributed by atoms with Gasteiger partial charge in [-0.15, -0.1) is 11.3 Å². The summed E-state index contributed by atoms with van der Waals surface area (Å²) in [5.74, 6) is 0.834. The smallest absolute Gasteiger partial charge is 0.325 e. The molecule has 0 bridgehead atoms. The monoisotopic (exact) mass is 387 g/mol. The molecule has 2 aromatic carbocycles. The van der Waals surface area contributed by atoms with Gasteiger partial charge in [0.25, 0.3) is 0 Å². The summed E-state index contributed by atoms with van der Waals surface area (Å²) in [4.78, 5) is 17.7. The highest BCUT2D eigenvalue weighted by Crippen LogP contribution is 2.32. The van der Waals surface area contributed by atoms with Crippen LogP contribution in [0.1, 0.15) is 10.4 Å². The SMILES string of the molecule is COc1ccc(-c2nc(NC(=O)Nc3cccc(Cl)c3)sc2C)cc1C. The zero-order valence-corrected chi connectivity index (χ0v) is 16.2. The Morgan fingerprint density at radius 1 is 1.15 bits per heavy atom. The molecule has 0 spiro atoms. The second kappa shape index (κ2) is 7.76. The molecule has 5 nitrogen and oxygen atoms in total. The molecule has 3 aromatic rings. The summed E-state index contributed by atoms with van der Waals surface area (Å²) in [6.07, 6.45) is 0. The molecule has 0 aliphatic carbocycles. The van der Waals surface area contributed by atoms with Crippen molar-refractivity contribution >= 4 is 39.8 Å². The van der Waals surface area contributed by atoms with Crippen LogP contribution < -0.4 is 15.4 Å². The Kier molecular flexibility index (Phi) is 5.44. The number of anilines is 2. The van der Waals surface area contributed by atoms with Crippen molar-refractivity contribution in [1.29, 1.82) is 0 Å². The Hall–Kier alpha value is -2.57. The maximum atomic E-state index is 12.2. The quantitative estimate of drug-likeness (QED) is 0.600. The number of nitrogens with zero attached hydrogens (tertiary/aromatic N) is 1. The fraction of sp³-hybridized carbons (Fsp3) is 0.158. The van der Waals surface area contributed by atoms with Crippen molar-refractivity contribution in [2.24, 2.45) is 0 Å². The number of carbonyl (C=O) groups excluding carboxylic acids is 1. The number of aryl methyl sites for hydroxylation is 2. The third kappa shape index (κ3) is 4.15. The molecule has 0 aliphatic heterocycles. The summed E-state index contributed by atoms with van der Waals surface area (Å²) in [6.45, 7) is 3.97. The average molecular weight is 388 g/mol. The van der Waals surface area contributed by atoms with Crippen LogP contribution in [0, 0.1) is 13.8 Å². The van der Waals surface area contributed by atoms with Gasteiger partial charge in [0.2, 0.25) is 0 Å². The van der Waals surface area contributed by atoms with Gasteiger partial charge in [-0.1, -0.05) is 17.7 Å². The van der Waals surface area contributed by atoms with Crippen molar-refractivity contribution in [1.82, 2.24) is 4.98 Å². The standard InChI is InChI=1S/C19H18ClN3O2S/c1-11-9-13(7-8-16(11)25-3)17-12(2)26-19(22-17)23-18(24)21-15-6-4-5-14(20)10-15/h4-10H,1-3H3,(H2,21,22,23,24). The molecule has 0 unspecified atom stereocenters. The van der Waals surface area contributed by atoms with Crippen molar-refractivity contribution in [3.63, 3.8) is 0 Å². The average Bonchev–Trinajstić information content (AvgIpc) is 2.94. The Morgan fingerprint density at radius 3 is 2.65 bits per heavy atom. The first-order valence-electron chi connectivity index (χ1n) is 7.92. The van der Waals surface area contributed by atoms with Gasteiger partial charge in [-0.3, -0.25) is 5.32 Å². The molecule has 0 radical (unpaired) electrons. The summed E-state index contributed by atoms with van der Waals surface area (Å²) in [5, 5.41) is 6.60. The number of halogens is 1. The third-order valence-electron chi connectivity index (χ3n) is 3.77. The van der Waals surface area contributed by atoms with Crippen LogP contribution in [-0.2, 0) is 0 Å². The number of rotatable bonds is 4. The van der Waals surface area contributed by atoms with Crippen molar-refractivity contribution in [3.8, 4) is 17.0 Å². The van der Waals surface area contributed by atoms with Crippen LogP contribution >= 0.6 is 22.9 Å². The summed E-state index contributed by atoms with van der Waals surface area (Å²) >= 11 is 7.35. The zero-order valence-electron chi connectivity index (χ0n) is 14.6. The van der Waals surface area contributed by atoms with E-state index in [-0.39, 0.29) is 6.03 Å². The third-order valence-corrected chi connectivity index (χ3v) is 4.89. The maximum absolute atomic E-state index is 12.2. The number of nitrogens with one attached hydrogen (secondary N) is 2. The van der Waals surface area contributed by atoms with Gasteiger partial charge >= 0.3 is 6.03 Å². The number of aromatic nitrogens is 1. The van der Waals surface area contributed by atoms with E-state index in [0.29, 0.717) is 15.8 Å². The first-order valence-corrected chi connectivity index (χ1v) is 9.11. The highest BCUT2D eigenvalue weighted by Gasteiger charge is 2.13. The molecule has 7 heteroatoms. The van der Waals surface area contributed by atoms with E-state index in [9.17, 15) is 4.79 Å². The predicted octanol–water partition coefficient (Wildman–Crippen LogP) is 5.73. The minimum atomic E-state index is -0.363. The summed E-state index contributed by atoms with van der Waals surface area (Å²) in [6, 6.07) is 12.5. The molecule has 2 amide bonds. The molecule has 0 aliphatic rings. The van der Waals surface area contributed by atoms with Gasteiger partial charge in [-0.2, -0.15) is 0 Å². The van der Waals surface area contributed by atoms with Crippen molar-refractivity contribution < 1.29 is 9.53 Å². The van der Waals surface area contributed by atoms with Crippen molar-refractivity contribution in [3.05, 3.63) is 57.9 Å². The van der Waals surface area contributed by atoms with E-state index >= 15 is 0 Å². The van der Waals surface area contributed by atoms with E-state index in [2.05, 4.69) is 15.6 Å². The summed E-state index contributed by atoms with van der Waals surface area (Å²) in [5.41, 5.74) is 3.49. The molecule has 0 saturated heterocycles. The molecule has 0 atom stereocenters. The minimum Gasteiger partial charge on any atom is -0.496 e. The van der Waals surface area contributed by atoms with Gasteiger partial charge < -0.3 is 10.1 Å². The molecular formula is C19H18ClN3O2S. The van der Waals surface area contributed by atoms with E-state index in [0.717, 1.165) is 27.4 Å². The number of amides is 2. The van der Waals surface area contributed by atoms with Crippen LogP contribution in [0.15, 0.2) is 42.5 Å². The Labute approximate surface area is 161 Å². The second-order valence-corrected chi connectivity index (χ2v) is 7.34. The van der Waals surface area contributed by atoms with E-state index < -0.39 is 0 Å². The molecule has 1 heterocycles. The first kappa shape index (κ1) is 18.2. The number of urea groups is 1. The minimum absolute atomic E-state index is 0.363. The van der Waals surface area contributed by atoms with Crippen LogP contribution in [0.5, 0.6) is 5.75 Å².